The highest BCUT2D eigenvalue weighted by Gasteiger charge is 2.10. The van der Waals surface area contributed by atoms with Gasteiger partial charge in [0.25, 0.3) is 0 Å². The highest BCUT2D eigenvalue weighted by molar-refractivity contribution is 5.83. The van der Waals surface area contributed by atoms with Crippen LogP contribution in [0.5, 0.6) is 5.75 Å². The number of hydrogen-bond acceptors (Lipinski definition) is 4. The standard InChI is InChI=1S/C15H17N3O2/c1-10(12-7-17-18-8-12)16-9-13-6-11-4-3-5-14(19-2)15(11)20-13/h3-8,10,16H,9H2,1-2H3,(H,17,18). The van der Waals surface area contributed by atoms with Gasteiger partial charge in [-0.05, 0) is 19.1 Å². The van der Waals surface area contributed by atoms with Gasteiger partial charge in [-0.2, -0.15) is 5.10 Å². The SMILES string of the molecule is COc1cccc2cc(CNC(C)c3cn[nH]c3)oc12. The quantitative estimate of drug-likeness (QED) is 0.748. The molecule has 0 spiro atoms. The van der Waals surface area contributed by atoms with Crippen molar-refractivity contribution in [2.75, 3.05) is 7.11 Å². The third-order valence-corrected chi connectivity index (χ3v) is 3.38. The third kappa shape index (κ3) is 2.40. The maximum atomic E-state index is 5.85. The van der Waals surface area contributed by atoms with Crippen LogP contribution in [-0.2, 0) is 6.54 Å². The van der Waals surface area contributed by atoms with Crippen molar-refractivity contribution in [2.24, 2.45) is 0 Å². The minimum absolute atomic E-state index is 0.212. The molecule has 0 aliphatic carbocycles. The summed E-state index contributed by atoms with van der Waals surface area (Å²) in [5.41, 5.74) is 1.92. The molecule has 1 atom stereocenters. The average molecular weight is 271 g/mol. The summed E-state index contributed by atoms with van der Waals surface area (Å²) < 4.78 is 11.1. The van der Waals surface area contributed by atoms with Crippen LogP contribution in [0.3, 0.4) is 0 Å². The van der Waals surface area contributed by atoms with Crippen molar-refractivity contribution in [3.05, 3.63) is 48.0 Å². The van der Waals surface area contributed by atoms with Crippen LogP contribution >= 0.6 is 0 Å². The van der Waals surface area contributed by atoms with E-state index in [1.807, 2.05) is 36.7 Å². The van der Waals surface area contributed by atoms with Gasteiger partial charge in [-0.1, -0.05) is 12.1 Å². The second-order valence-corrected chi connectivity index (χ2v) is 4.73. The fourth-order valence-electron chi connectivity index (χ4n) is 2.21. The van der Waals surface area contributed by atoms with E-state index in [0.29, 0.717) is 6.54 Å². The minimum atomic E-state index is 0.212. The summed E-state index contributed by atoms with van der Waals surface area (Å²) >= 11 is 0. The van der Waals surface area contributed by atoms with Crippen molar-refractivity contribution >= 4 is 11.0 Å². The van der Waals surface area contributed by atoms with Gasteiger partial charge in [0, 0.05) is 23.2 Å². The zero-order valence-electron chi connectivity index (χ0n) is 11.5. The smallest absolute Gasteiger partial charge is 0.176 e. The van der Waals surface area contributed by atoms with Crippen molar-refractivity contribution in [3.8, 4) is 5.75 Å². The second-order valence-electron chi connectivity index (χ2n) is 4.73. The van der Waals surface area contributed by atoms with E-state index in [4.69, 9.17) is 9.15 Å². The highest BCUT2D eigenvalue weighted by atomic mass is 16.5. The van der Waals surface area contributed by atoms with Gasteiger partial charge in [0.05, 0.1) is 19.9 Å². The van der Waals surface area contributed by atoms with E-state index in [0.717, 1.165) is 28.0 Å². The molecule has 3 rings (SSSR count). The Labute approximate surface area is 116 Å². The lowest BCUT2D eigenvalue weighted by atomic mass is 10.2. The molecule has 0 aliphatic rings. The van der Waals surface area contributed by atoms with E-state index in [9.17, 15) is 0 Å². The number of rotatable bonds is 5. The first-order valence-corrected chi connectivity index (χ1v) is 6.55. The van der Waals surface area contributed by atoms with Crippen LogP contribution in [0.25, 0.3) is 11.0 Å². The monoisotopic (exact) mass is 271 g/mol. The molecular formula is C15H17N3O2. The summed E-state index contributed by atoms with van der Waals surface area (Å²) in [4.78, 5) is 0. The van der Waals surface area contributed by atoms with E-state index >= 15 is 0 Å². The summed E-state index contributed by atoms with van der Waals surface area (Å²) in [5.74, 6) is 1.65. The largest absolute Gasteiger partial charge is 0.493 e. The molecule has 1 unspecified atom stereocenters. The predicted molar refractivity (Wildman–Crippen MR) is 76.6 cm³/mol. The Morgan fingerprint density at radius 1 is 1.45 bits per heavy atom. The lowest BCUT2D eigenvalue weighted by molar-refractivity contribution is 0.405. The number of methoxy groups -OCH3 is 1. The van der Waals surface area contributed by atoms with Gasteiger partial charge in [-0.3, -0.25) is 5.10 Å². The molecule has 0 aliphatic heterocycles. The Kier molecular flexibility index (Phi) is 3.43. The molecule has 0 fully saturated rings. The first-order valence-electron chi connectivity index (χ1n) is 6.55. The first kappa shape index (κ1) is 12.7. The van der Waals surface area contributed by atoms with Gasteiger partial charge >= 0.3 is 0 Å². The van der Waals surface area contributed by atoms with E-state index in [-0.39, 0.29) is 6.04 Å². The Hall–Kier alpha value is -2.27. The molecule has 0 saturated carbocycles. The van der Waals surface area contributed by atoms with Crippen LogP contribution in [0.15, 0.2) is 41.1 Å². The number of aromatic nitrogens is 2. The molecule has 0 amide bonds. The van der Waals surface area contributed by atoms with Crippen molar-refractivity contribution in [1.29, 1.82) is 0 Å². The van der Waals surface area contributed by atoms with Gasteiger partial charge in [0.15, 0.2) is 11.3 Å². The molecule has 3 aromatic rings. The number of hydrogen-bond donors (Lipinski definition) is 2. The molecule has 2 N–H and O–H groups in total. The molecule has 2 heterocycles. The van der Waals surface area contributed by atoms with Gasteiger partial charge in [0.2, 0.25) is 0 Å². The Morgan fingerprint density at radius 2 is 2.35 bits per heavy atom. The van der Waals surface area contributed by atoms with Gasteiger partial charge in [0.1, 0.15) is 5.76 Å². The summed E-state index contributed by atoms with van der Waals surface area (Å²) in [5, 5.41) is 11.2. The van der Waals surface area contributed by atoms with Crippen LogP contribution in [0, 0.1) is 0 Å². The van der Waals surface area contributed by atoms with Crippen molar-refractivity contribution in [2.45, 2.75) is 19.5 Å². The van der Waals surface area contributed by atoms with E-state index in [1.165, 1.54) is 0 Å². The Balaban J connectivity index is 1.75. The molecule has 0 radical (unpaired) electrons. The van der Waals surface area contributed by atoms with Crippen LogP contribution in [-0.4, -0.2) is 17.3 Å². The molecule has 0 bridgehead atoms. The molecular weight excluding hydrogens is 254 g/mol. The van der Waals surface area contributed by atoms with Crippen LogP contribution in [0.4, 0.5) is 0 Å². The van der Waals surface area contributed by atoms with Crippen molar-refractivity contribution < 1.29 is 9.15 Å². The zero-order valence-corrected chi connectivity index (χ0v) is 11.5. The second kappa shape index (κ2) is 5.38. The topological polar surface area (TPSA) is 63.1 Å². The fraction of sp³-hybridized carbons (Fsp3) is 0.267. The molecule has 104 valence electrons. The molecule has 20 heavy (non-hydrogen) atoms. The summed E-state index contributed by atoms with van der Waals surface area (Å²) in [7, 11) is 1.65. The lowest BCUT2D eigenvalue weighted by Crippen LogP contribution is -2.17. The molecule has 5 nitrogen and oxygen atoms in total. The summed E-state index contributed by atoms with van der Waals surface area (Å²) in [6.07, 6.45) is 3.71. The van der Waals surface area contributed by atoms with Crippen molar-refractivity contribution in [3.63, 3.8) is 0 Å². The number of furan rings is 1. The average Bonchev–Trinajstić information content (AvgIpc) is 3.12. The third-order valence-electron chi connectivity index (χ3n) is 3.38. The number of nitrogens with zero attached hydrogens (tertiary/aromatic N) is 1. The maximum Gasteiger partial charge on any atom is 0.176 e. The van der Waals surface area contributed by atoms with Crippen LogP contribution in [0.1, 0.15) is 24.3 Å². The van der Waals surface area contributed by atoms with Gasteiger partial charge in [-0.15, -0.1) is 0 Å². The van der Waals surface area contributed by atoms with Crippen LogP contribution < -0.4 is 10.1 Å². The fourth-order valence-corrected chi connectivity index (χ4v) is 2.21. The predicted octanol–water partition coefficient (Wildman–Crippen LogP) is 3.02. The molecule has 2 aromatic heterocycles. The summed E-state index contributed by atoms with van der Waals surface area (Å²) in [6, 6.07) is 8.13. The number of ether oxygens (including phenoxy) is 1. The molecule has 5 heteroatoms. The van der Waals surface area contributed by atoms with Crippen LogP contribution in [0.2, 0.25) is 0 Å². The normalized spacial score (nSPS) is 12.7. The number of fused-ring (bicyclic) bond motifs is 1. The molecule has 0 saturated heterocycles. The number of aromatic amines is 1. The maximum absolute atomic E-state index is 5.85. The first-order chi connectivity index (χ1) is 9.78. The Bertz CT molecular complexity index is 688. The van der Waals surface area contributed by atoms with Gasteiger partial charge < -0.3 is 14.5 Å². The highest BCUT2D eigenvalue weighted by Crippen LogP contribution is 2.28. The Morgan fingerprint density at radius 3 is 3.10 bits per heavy atom. The van der Waals surface area contributed by atoms with Gasteiger partial charge in [-0.25, -0.2) is 0 Å². The number of benzene rings is 1. The molecule has 1 aromatic carbocycles. The van der Waals surface area contributed by atoms with E-state index in [1.54, 1.807) is 7.11 Å². The number of para-hydroxylation sites is 1. The lowest BCUT2D eigenvalue weighted by Gasteiger charge is -2.09. The van der Waals surface area contributed by atoms with E-state index < -0.39 is 0 Å². The summed E-state index contributed by atoms with van der Waals surface area (Å²) in [6.45, 7) is 2.75. The van der Waals surface area contributed by atoms with Crippen molar-refractivity contribution in [1.82, 2.24) is 15.5 Å². The minimum Gasteiger partial charge on any atom is -0.493 e. The zero-order chi connectivity index (χ0) is 13.9. The van der Waals surface area contributed by atoms with E-state index in [2.05, 4.69) is 22.4 Å². The number of nitrogens with one attached hydrogen (secondary N) is 2. The number of H-pyrrole nitrogens is 1.